The Morgan fingerprint density at radius 3 is 2.85 bits per heavy atom. The zero-order valence-electron chi connectivity index (χ0n) is 10.9. The maximum atomic E-state index is 13.7. The minimum Gasteiger partial charge on any atom is -0.365 e. The summed E-state index contributed by atoms with van der Waals surface area (Å²) >= 11 is 2.96. The van der Waals surface area contributed by atoms with Crippen molar-refractivity contribution in [2.75, 3.05) is 18.0 Å². The van der Waals surface area contributed by atoms with Crippen LogP contribution < -0.4 is 4.90 Å². The Bertz CT molecular complexity index is 565. The first-order valence-corrected chi connectivity index (χ1v) is 7.08. The van der Waals surface area contributed by atoms with Gasteiger partial charge in [-0.05, 0) is 35.7 Å². The Morgan fingerprint density at radius 1 is 1.55 bits per heavy atom. The van der Waals surface area contributed by atoms with E-state index in [1.165, 1.54) is 13.0 Å². The predicted molar refractivity (Wildman–Crippen MR) is 76.4 cm³/mol. The molecule has 1 atom stereocenters. The van der Waals surface area contributed by atoms with E-state index >= 15 is 0 Å². The molecule has 1 aromatic carbocycles. The van der Waals surface area contributed by atoms with Crippen LogP contribution in [0.4, 0.5) is 15.8 Å². The van der Waals surface area contributed by atoms with Crippen LogP contribution >= 0.6 is 15.9 Å². The highest BCUT2D eigenvalue weighted by molar-refractivity contribution is 9.10. The number of ketones is 1. The van der Waals surface area contributed by atoms with Crippen LogP contribution in [0.2, 0.25) is 0 Å². The predicted octanol–water partition coefficient (Wildman–Crippen LogP) is 3.30. The van der Waals surface area contributed by atoms with Crippen molar-refractivity contribution in [3.63, 3.8) is 0 Å². The Morgan fingerprint density at radius 2 is 2.25 bits per heavy atom. The highest BCUT2D eigenvalue weighted by Crippen LogP contribution is 2.35. The van der Waals surface area contributed by atoms with E-state index in [0.717, 1.165) is 18.9 Å². The normalized spacial score (nSPS) is 18.9. The minimum atomic E-state index is -0.546. The number of carbonyl (C=O) groups excluding carboxylic acids is 1. The second-order valence-corrected chi connectivity index (χ2v) is 5.76. The highest BCUT2D eigenvalue weighted by atomic mass is 79.9. The van der Waals surface area contributed by atoms with Crippen molar-refractivity contribution in [1.29, 1.82) is 0 Å². The van der Waals surface area contributed by atoms with Gasteiger partial charge in [-0.2, -0.15) is 0 Å². The van der Waals surface area contributed by atoms with E-state index in [-0.39, 0.29) is 27.5 Å². The molecule has 5 nitrogen and oxygen atoms in total. The fourth-order valence-corrected chi connectivity index (χ4v) is 2.78. The summed E-state index contributed by atoms with van der Waals surface area (Å²) in [6, 6.07) is 2.33. The number of nitro benzene ring substituents is 1. The maximum Gasteiger partial charge on any atom is 0.293 e. The number of benzene rings is 1. The third-order valence-corrected chi connectivity index (χ3v) is 4.16. The number of halogens is 2. The van der Waals surface area contributed by atoms with Crippen molar-refractivity contribution in [3.8, 4) is 0 Å². The van der Waals surface area contributed by atoms with Crippen molar-refractivity contribution in [2.24, 2.45) is 5.92 Å². The summed E-state index contributed by atoms with van der Waals surface area (Å²) < 4.78 is 13.7. The molecule has 20 heavy (non-hydrogen) atoms. The van der Waals surface area contributed by atoms with Crippen molar-refractivity contribution < 1.29 is 14.1 Å². The number of nitro groups is 1. The molecule has 0 saturated carbocycles. The zero-order valence-corrected chi connectivity index (χ0v) is 12.5. The molecule has 0 aliphatic carbocycles. The topological polar surface area (TPSA) is 63.5 Å². The van der Waals surface area contributed by atoms with Crippen LogP contribution in [0.25, 0.3) is 0 Å². The summed E-state index contributed by atoms with van der Waals surface area (Å²) in [6.45, 7) is 2.51. The number of Topliss-reactive ketones (excluding diaryl/α,β-unsaturated/α-hetero) is 1. The average Bonchev–Trinajstić information content (AvgIpc) is 2.41. The minimum absolute atomic E-state index is 0.0630. The van der Waals surface area contributed by atoms with E-state index in [2.05, 4.69) is 15.9 Å². The lowest BCUT2D eigenvalue weighted by molar-refractivity contribution is -0.384. The molecule has 0 spiro atoms. The Labute approximate surface area is 124 Å². The first-order valence-electron chi connectivity index (χ1n) is 6.29. The van der Waals surface area contributed by atoms with E-state index in [9.17, 15) is 19.3 Å². The Balaban J connectivity index is 2.38. The van der Waals surface area contributed by atoms with Crippen molar-refractivity contribution >= 4 is 33.1 Å². The van der Waals surface area contributed by atoms with E-state index in [4.69, 9.17) is 0 Å². The van der Waals surface area contributed by atoms with Gasteiger partial charge in [-0.15, -0.1) is 0 Å². The van der Waals surface area contributed by atoms with Gasteiger partial charge in [0.25, 0.3) is 5.69 Å². The van der Waals surface area contributed by atoms with Crippen LogP contribution in [0.1, 0.15) is 19.8 Å². The molecule has 0 bridgehead atoms. The lowest BCUT2D eigenvalue weighted by Crippen LogP contribution is -2.38. The van der Waals surface area contributed by atoms with Gasteiger partial charge >= 0.3 is 0 Å². The molecule has 0 aromatic heterocycles. The smallest absolute Gasteiger partial charge is 0.293 e. The van der Waals surface area contributed by atoms with Crippen LogP contribution in [-0.4, -0.2) is 23.8 Å². The molecule has 1 aromatic rings. The van der Waals surface area contributed by atoms with Gasteiger partial charge in [0.1, 0.15) is 17.3 Å². The molecular weight excluding hydrogens is 331 g/mol. The van der Waals surface area contributed by atoms with Gasteiger partial charge in [0.15, 0.2) is 0 Å². The Kier molecular flexibility index (Phi) is 4.37. The second kappa shape index (κ2) is 5.87. The summed E-state index contributed by atoms with van der Waals surface area (Å²) in [6.07, 6.45) is 1.54. The molecule has 1 saturated heterocycles. The lowest BCUT2D eigenvalue weighted by Gasteiger charge is -2.33. The number of piperidine rings is 1. The van der Waals surface area contributed by atoms with Gasteiger partial charge in [0.05, 0.1) is 9.40 Å². The van der Waals surface area contributed by atoms with E-state index < -0.39 is 10.7 Å². The fraction of sp³-hybridized carbons (Fsp3) is 0.462. The summed E-state index contributed by atoms with van der Waals surface area (Å²) in [5.74, 6) is -0.624. The van der Waals surface area contributed by atoms with Crippen LogP contribution in [0.3, 0.4) is 0 Å². The SMILES string of the molecule is CC(=O)C1CCCN(c2cc(F)c(Br)cc2[N+](=O)[O-])C1. The van der Waals surface area contributed by atoms with Crippen molar-refractivity contribution in [1.82, 2.24) is 0 Å². The molecule has 1 aliphatic heterocycles. The molecule has 108 valence electrons. The van der Waals surface area contributed by atoms with Gasteiger partial charge in [0, 0.05) is 31.1 Å². The molecule has 1 fully saturated rings. The van der Waals surface area contributed by atoms with Crippen molar-refractivity contribution in [3.05, 3.63) is 32.5 Å². The molecule has 0 radical (unpaired) electrons. The quantitative estimate of drug-likeness (QED) is 0.623. The monoisotopic (exact) mass is 344 g/mol. The summed E-state index contributed by atoms with van der Waals surface area (Å²) in [7, 11) is 0. The third kappa shape index (κ3) is 2.98. The van der Waals surface area contributed by atoms with Gasteiger partial charge in [0.2, 0.25) is 0 Å². The first kappa shape index (κ1) is 14.9. The van der Waals surface area contributed by atoms with E-state index in [0.29, 0.717) is 13.1 Å². The van der Waals surface area contributed by atoms with Crippen LogP contribution in [-0.2, 0) is 4.79 Å². The Hall–Kier alpha value is -1.50. The zero-order chi connectivity index (χ0) is 14.9. The second-order valence-electron chi connectivity index (χ2n) is 4.91. The molecule has 1 aliphatic rings. The van der Waals surface area contributed by atoms with Crippen LogP contribution in [0.5, 0.6) is 0 Å². The number of hydrogen-bond acceptors (Lipinski definition) is 4. The van der Waals surface area contributed by atoms with Gasteiger partial charge in [-0.3, -0.25) is 14.9 Å². The lowest BCUT2D eigenvalue weighted by atomic mass is 9.94. The summed E-state index contributed by atoms with van der Waals surface area (Å²) in [5, 5.41) is 11.1. The first-order chi connectivity index (χ1) is 9.40. The molecule has 1 heterocycles. The van der Waals surface area contributed by atoms with Crippen LogP contribution in [0.15, 0.2) is 16.6 Å². The number of hydrogen-bond donors (Lipinski definition) is 0. The molecular formula is C13H14BrFN2O3. The molecule has 2 rings (SSSR count). The number of rotatable bonds is 3. The third-order valence-electron chi connectivity index (χ3n) is 3.55. The van der Waals surface area contributed by atoms with Gasteiger partial charge < -0.3 is 4.90 Å². The van der Waals surface area contributed by atoms with Gasteiger partial charge in [-0.25, -0.2) is 4.39 Å². The largest absolute Gasteiger partial charge is 0.365 e. The summed E-state index contributed by atoms with van der Waals surface area (Å²) in [5.41, 5.74) is 0.0872. The fourth-order valence-electron chi connectivity index (χ4n) is 2.45. The highest BCUT2D eigenvalue weighted by Gasteiger charge is 2.28. The number of nitrogens with zero attached hydrogens (tertiary/aromatic N) is 2. The van der Waals surface area contributed by atoms with Crippen molar-refractivity contribution in [2.45, 2.75) is 19.8 Å². The maximum absolute atomic E-state index is 13.7. The van der Waals surface area contributed by atoms with Crippen LogP contribution in [0, 0.1) is 21.8 Å². The molecule has 0 amide bonds. The standard InChI is InChI=1S/C13H14BrFN2O3/c1-8(18)9-3-2-4-16(7-9)12-6-11(15)10(14)5-13(12)17(19)20/h5-6,9H,2-4,7H2,1H3. The summed E-state index contributed by atoms with van der Waals surface area (Å²) in [4.78, 5) is 23.8. The average molecular weight is 345 g/mol. The molecule has 0 N–H and O–H groups in total. The van der Waals surface area contributed by atoms with E-state index in [1.54, 1.807) is 4.90 Å². The molecule has 7 heteroatoms. The molecule has 1 unspecified atom stereocenters. The number of carbonyl (C=O) groups is 1. The van der Waals surface area contributed by atoms with Gasteiger partial charge in [-0.1, -0.05) is 0 Å². The van der Waals surface area contributed by atoms with E-state index in [1.807, 2.05) is 0 Å². The number of anilines is 1.